The zero-order valence-corrected chi connectivity index (χ0v) is 11.6. The maximum atomic E-state index is 13.2. The molecule has 0 saturated heterocycles. The zero-order valence-electron chi connectivity index (χ0n) is 11.6. The Morgan fingerprint density at radius 2 is 1.95 bits per heavy atom. The van der Waals surface area contributed by atoms with Gasteiger partial charge >= 0.3 is 5.97 Å². The van der Waals surface area contributed by atoms with Gasteiger partial charge in [-0.1, -0.05) is 0 Å². The largest absolute Gasteiger partial charge is 0.494 e. The number of halogens is 1. The molecule has 5 nitrogen and oxygen atoms in total. The van der Waals surface area contributed by atoms with Crippen LogP contribution in [0.5, 0.6) is 5.75 Å². The third-order valence-electron chi connectivity index (χ3n) is 2.90. The first kappa shape index (κ1) is 14.6. The molecule has 0 heterocycles. The highest BCUT2D eigenvalue weighted by Crippen LogP contribution is 2.29. The smallest absolute Gasteiger partial charge is 0.340 e. The molecule has 0 aliphatic carbocycles. The van der Waals surface area contributed by atoms with Gasteiger partial charge in [0.2, 0.25) is 0 Å². The van der Waals surface area contributed by atoms with Crippen LogP contribution in [0.3, 0.4) is 0 Å². The highest BCUT2D eigenvalue weighted by Gasteiger charge is 2.12. The Hall–Kier alpha value is -2.76. The van der Waals surface area contributed by atoms with Crippen molar-refractivity contribution in [1.29, 1.82) is 0 Å². The van der Waals surface area contributed by atoms with Gasteiger partial charge in [-0.25, -0.2) is 9.18 Å². The number of nitrogen functional groups attached to an aromatic ring is 1. The topological polar surface area (TPSA) is 73.6 Å². The number of nitrogens with one attached hydrogen (secondary N) is 1. The van der Waals surface area contributed by atoms with Crippen LogP contribution in [0.25, 0.3) is 0 Å². The first-order valence-corrected chi connectivity index (χ1v) is 6.13. The molecule has 2 aromatic carbocycles. The Morgan fingerprint density at radius 1 is 1.19 bits per heavy atom. The molecule has 2 aromatic rings. The molecule has 0 saturated carbocycles. The summed E-state index contributed by atoms with van der Waals surface area (Å²) in [7, 11) is 2.73. The first-order chi connectivity index (χ1) is 10.0. The van der Waals surface area contributed by atoms with Gasteiger partial charge in [0, 0.05) is 17.4 Å². The number of benzene rings is 2. The number of rotatable bonds is 4. The minimum Gasteiger partial charge on any atom is -0.494 e. The molecule has 2 rings (SSSR count). The first-order valence-electron chi connectivity index (χ1n) is 6.13. The number of ether oxygens (including phenoxy) is 2. The summed E-state index contributed by atoms with van der Waals surface area (Å²) in [4.78, 5) is 11.6. The molecule has 21 heavy (non-hydrogen) atoms. The average molecular weight is 290 g/mol. The lowest BCUT2D eigenvalue weighted by Gasteiger charge is -2.12. The van der Waals surface area contributed by atoms with Crippen molar-refractivity contribution in [3.63, 3.8) is 0 Å². The average Bonchev–Trinajstić information content (AvgIpc) is 2.50. The van der Waals surface area contributed by atoms with Crippen molar-refractivity contribution < 1.29 is 18.7 Å². The van der Waals surface area contributed by atoms with Gasteiger partial charge in [-0.05, 0) is 30.3 Å². The normalized spacial score (nSPS) is 10.0. The quantitative estimate of drug-likeness (QED) is 0.669. The van der Waals surface area contributed by atoms with Crippen molar-refractivity contribution in [2.24, 2.45) is 0 Å². The van der Waals surface area contributed by atoms with E-state index in [0.717, 1.165) is 0 Å². The van der Waals surface area contributed by atoms with Crippen molar-refractivity contribution >= 4 is 23.0 Å². The number of hydrogen-bond acceptors (Lipinski definition) is 5. The summed E-state index contributed by atoms with van der Waals surface area (Å²) in [6.07, 6.45) is 0. The molecular formula is C15H15FN2O3. The Bertz CT molecular complexity index is 674. The third-order valence-corrected chi connectivity index (χ3v) is 2.90. The van der Waals surface area contributed by atoms with Gasteiger partial charge in [0.15, 0.2) is 0 Å². The van der Waals surface area contributed by atoms with Gasteiger partial charge < -0.3 is 20.5 Å². The highest BCUT2D eigenvalue weighted by atomic mass is 19.1. The second-order valence-electron chi connectivity index (χ2n) is 4.26. The Labute approximate surface area is 121 Å². The van der Waals surface area contributed by atoms with E-state index in [9.17, 15) is 9.18 Å². The van der Waals surface area contributed by atoms with Crippen LogP contribution in [-0.4, -0.2) is 20.2 Å². The molecule has 0 radical (unpaired) electrons. The fourth-order valence-electron chi connectivity index (χ4n) is 1.84. The maximum Gasteiger partial charge on any atom is 0.340 e. The van der Waals surface area contributed by atoms with E-state index in [2.05, 4.69) is 10.1 Å². The Kier molecular flexibility index (Phi) is 4.27. The van der Waals surface area contributed by atoms with E-state index in [1.54, 1.807) is 24.3 Å². The van der Waals surface area contributed by atoms with Crippen LogP contribution in [0.15, 0.2) is 36.4 Å². The second kappa shape index (κ2) is 6.13. The van der Waals surface area contributed by atoms with Crippen LogP contribution in [0.2, 0.25) is 0 Å². The van der Waals surface area contributed by atoms with Gasteiger partial charge in [-0.2, -0.15) is 0 Å². The molecule has 0 aliphatic rings. The van der Waals surface area contributed by atoms with Gasteiger partial charge in [-0.15, -0.1) is 0 Å². The lowest BCUT2D eigenvalue weighted by molar-refractivity contribution is 0.0602. The third kappa shape index (κ3) is 3.22. The van der Waals surface area contributed by atoms with E-state index < -0.39 is 11.8 Å². The van der Waals surface area contributed by atoms with Crippen molar-refractivity contribution in [2.45, 2.75) is 0 Å². The molecule has 0 atom stereocenters. The predicted octanol–water partition coefficient (Wildman–Crippen LogP) is 2.95. The summed E-state index contributed by atoms with van der Waals surface area (Å²) in [6, 6.07) is 8.96. The predicted molar refractivity (Wildman–Crippen MR) is 78.4 cm³/mol. The molecule has 0 bridgehead atoms. The number of methoxy groups -OCH3 is 2. The van der Waals surface area contributed by atoms with Crippen molar-refractivity contribution in [1.82, 2.24) is 0 Å². The van der Waals surface area contributed by atoms with Crippen LogP contribution in [-0.2, 0) is 4.74 Å². The van der Waals surface area contributed by atoms with Gasteiger partial charge in [0.1, 0.15) is 11.6 Å². The molecule has 0 unspecified atom stereocenters. The van der Waals surface area contributed by atoms with Crippen LogP contribution in [0.1, 0.15) is 10.4 Å². The number of carbonyl (C=O) groups excluding carboxylic acids is 1. The number of hydrogen-bond donors (Lipinski definition) is 2. The van der Waals surface area contributed by atoms with Crippen molar-refractivity contribution in [3.05, 3.63) is 47.8 Å². The van der Waals surface area contributed by atoms with E-state index in [1.165, 1.54) is 26.4 Å². The molecule has 6 heteroatoms. The fourth-order valence-corrected chi connectivity index (χ4v) is 1.84. The Balaban J connectivity index is 2.34. The SMILES string of the molecule is COC(=O)c1cc(Nc2ccc(F)cc2OC)ccc1N. The molecule has 0 fully saturated rings. The summed E-state index contributed by atoms with van der Waals surface area (Å²) >= 11 is 0. The maximum absolute atomic E-state index is 13.2. The highest BCUT2D eigenvalue weighted by molar-refractivity contribution is 5.96. The summed E-state index contributed by atoms with van der Waals surface area (Å²) in [5, 5.41) is 3.04. The van der Waals surface area contributed by atoms with Crippen LogP contribution < -0.4 is 15.8 Å². The monoisotopic (exact) mass is 290 g/mol. The molecule has 0 aromatic heterocycles. The van der Waals surface area contributed by atoms with E-state index in [-0.39, 0.29) is 5.56 Å². The van der Waals surface area contributed by atoms with Crippen molar-refractivity contribution in [3.8, 4) is 5.75 Å². The summed E-state index contributed by atoms with van der Waals surface area (Å²) < 4.78 is 22.9. The summed E-state index contributed by atoms with van der Waals surface area (Å²) in [5.74, 6) is -0.571. The molecule has 0 amide bonds. The number of esters is 1. The number of anilines is 3. The molecule has 0 spiro atoms. The lowest BCUT2D eigenvalue weighted by atomic mass is 10.1. The zero-order chi connectivity index (χ0) is 15.4. The lowest BCUT2D eigenvalue weighted by Crippen LogP contribution is -2.06. The number of nitrogens with two attached hydrogens (primary N) is 1. The summed E-state index contributed by atoms with van der Waals surface area (Å²) in [5.41, 5.74) is 7.48. The molecule has 110 valence electrons. The van der Waals surface area contributed by atoms with E-state index in [0.29, 0.717) is 22.8 Å². The molecule has 3 N–H and O–H groups in total. The number of carbonyl (C=O) groups is 1. The summed E-state index contributed by atoms with van der Waals surface area (Å²) in [6.45, 7) is 0. The van der Waals surface area contributed by atoms with Gasteiger partial charge in [0.25, 0.3) is 0 Å². The molecular weight excluding hydrogens is 275 g/mol. The minimum absolute atomic E-state index is 0.253. The second-order valence-corrected chi connectivity index (χ2v) is 4.26. The Morgan fingerprint density at radius 3 is 2.62 bits per heavy atom. The van der Waals surface area contributed by atoms with Crippen LogP contribution >= 0.6 is 0 Å². The molecule has 0 aliphatic heterocycles. The van der Waals surface area contributed by atoms with Gasteiger partial charge in [-0.3, -0.25) is 0 Å². The minimum atomic E-state index is -0.526. The van der Waals surface area contributed by atoms with Crippen LogP contribution in [0, 0.1) is 5.82 Å². The standard InChI is InChI=1S/C15H15FN2O3/c1-20-14-7-9(16)3-6-13(14)18-10-4-5-12(17)11(8-10)15(19)21-2/h3-8,18H,17H2,1-2H3. The van der Waals surface area contributed by atoms with E-state index in [4.69, 9.17) is 10.5 Å². The van der Waals surface area contributed by atoms with Crippen molar-refractivity contribution in [2.75, 3.05) is 25.3 Å². The van der Waals surface area contributed by atoms with E-state index in [1.807, 2.05) is 0 Å². The van der Waals surface area contributed by atoms with E-state index >= 15 is 0 Å². The van der Waals surface area contributed by atoms with Gasteiger partial charge in [0.05, 0.1) is 25.5 Å². The fraction of sp³-hybridized carbons (Fsp3) is 0.133. The van der Waals surface area contributed by atoms with Crippen LogP contribution in [0.4, 0.5) is 21.5 Å².